The molecule has 0 aromatic carbocycles. The number of phosphoric ester groups is 2. The van der Waals surface area contributed by atoms with Crippen LogP contribution in [-0.2, 0) is 65.4 Å². The maximum atomic E-state index is 13.0. The summed E-state index contributed by atoms with van der Waals surface area (Å²) in [7, 11) is -9.91. The molecular weight excluding hydrogens is 1210 g/mol. The van der Waals surface area contributed by atoms with Crippen molar-refractivity contribution in [3.63, 3.8) is 0 Å². The first kappa shape index (κ1) is 90.1. The van der Waals surface area contributed by atoms with Gasteiger partial charge in [0, 0.05) is 25.7 Å². The van der Waals surface area contributed by atoms with Crippen molar-refractivity contribution >= 4 is 39.5 Å². The number of aliphatic hydroxyl groups excluding tert-OH is 1. The zero-order valence-corrected chi connectivity index (χ0v) is 62.0. The Bertz CT molecular complexity index is 1820. The molecule has 0 spiro atoms. The summed E-state index contributed by atoms with van der Waals surface area (Å²) in [5.74, 6) is 0.966. The molecule has 17 nitrogen and oxygen atoms in total. The summed E-state index contributed by atoms with van der Waals surface area (Å²) in [5.41, 5.74) is 0. The molecule has 0 radical (unpaired) electrons. The van der Waals surface area contributed by atoms with Crippen molar-refractivity contribution in [2.75, 3.05) is 39.6 Å². The molecule has 19 heteroatoms. The van der Waals surface area contributed by atoms with E-state index < -0.39 is 97.5 Å². The van der Waals surface area contributed by atoms with Crippen LogP contribution in [0, 0.1) is 23.7 Å². The Labute approximate surface area is 562 Å². The highest BCUT2D eigenvalue weighted by atomic mass is 31.2. The zero-order valence-electron chi connectivity index (χ0n) is 60.2. The number of rotatable bonds is 70. The van der Waals surface area contributed by atoms with Crippen molar-refractivity contribution in [1.82, 2.24) is 0 Å². The van der Waals surface area contributed by atoms with Crippen molar-refractivity contribution in [3.05, 3.63) is 0 Å². The van der Waals surface area contributed by atoms with Crippen LogP contribution in [0.5, 0.6) is 0 Å². The van der Waals surface area contributed by atoms with Gasteiger partial charge in [0.1, 0.15) is 19.3 Å². The van der Waals surface area contributed by atoms with E-state index in [0.29, 0.717) is 25.7 Å². The molecule has 0 rings (SSSR count). The number of aliphatic hydroxyl groups is 1. The van der Waals surface area contributed by atoms with Gasteiger partial charge in [-0.1, -0.05) is 312 Å². The van der Waals surface area contributed by atoms with Gasteiger partial charge in [-0.25, -0.2) is 9.13 Å². The molecule has 0 aliphatic carbocycles. The SMILES string of the molecule is CCC(C)CCCCCCCCCCCCC(=O)OC[C@H](COP(=O)(O)OCC(O)COP(=O)(O)OC[C@@H](COC(=O)CCCCCCCCCCC(C)C)OC(=O)CCCCCCCCCCCCC(C)CC)OC(=O)CCCCCCCCCCCCC(C)C. The molecule has 3 N–H and O–H groups in total. The van der Waals surface area contributed by atoms with Crippen LogP contribution >= 0.6 is 15.6 Å². The summed E-state index contributed by atoms with van der Waals surface area (Å²) < 4.78 is 68.4. The van der Waals surface area contributed by atoms with E-state index in [-0.39, 0.29) is 25.7 Å². The molecule has 546 valence electrons. The van der Waals surface area contributed by atoms with E-state index in [1.54, 1.807) is 0 Å². The van der Waals surface area contributed by atoms with Crippen molar-refractivity contribution in [1.29, 1.82) is 0 Å². The molecule has 0 aliphatic rings. The predicted octanol–water partition coefficient (Wildman–Crippen LogP) is 20.9. The van der Waals surface area contributed by atoms with Gasteiger partial charge < -0.3 is 33.8 Å². The fourth-order valence-corrected chi connectivity index (χ4v) is 12.5. The summed E-state index contributed by atoms with van der Waals surface area (Å²) >= 11 is 0. The lowest BCUT2D eigenvalue weighted by Crippen LogP contribution is -2.30. The van der Waals surface area contributed by atoms with Gasteiger partial charge in [0.15, 0.2) is 12.2 Å². The van der Waals surface area contributed by atoms with E-state index in [1.807, 2.05) is 0 Å². The molecule has 0 amide bonds. The Kier molecular flexibility index (Phi) is 61.3. The molecule has 0 saturated carbocycles. The number of hydrogen-bond donors (Lipinski definition) is 3. The second-order valence-corrected chi connectivity index (χ2v) is 30.7. The number of hydrogen-bond acceptors (Lipinski definition) is 15. The van der Waals surface area contributed by atoms with Crippen LogP contribution in [0.1, 0.15) is 364 Å². The first-order chi connectivity index (χ1) is 44.2. The lowest BCUT2D eigenvalue weighted by Gasteiger charge is -2.21. The lowest BCUT2D eigenvalue weighted by atomic mass is 9.99. The summed E-state index contributed by atoms with van der Waals surface area (Å²) in [6.45, 7) is 14.2. The fraction of sp³-hybridized carbons (Fsp3) is 0.945. The monoisotopic (exact) mass is 1350 g/mol. The largest absolute Gasteiger partial charge is 0.472 e. The maximum absolute atomic E-state index is 13.0. The second kappa shape index (κ2) is 62.6. The Morgan fingerprint density at radius 2 is 0.522 bits per heavy atom. The number of ether oxygens (including phenoxy) is 4. The molecule has 92 heavy (non-hydrogen) atoms. The van der Waals surface area contributed by atoms with Crippen LogP contribution in [-0.4, -0.2) is 96.7 Å². The third kappa shape index (κ3) is 64.1. The molecule has 0 aromatic rings. The van der Waals surface area contributed by atoms with E-state index in [0.717, 1.165) is 114 Å². The number of carbonyl (C=O) groups is 4. The summed E-state index contributed by atoms with van der Waals surface area (Å²) in [6.07, 6.45) is 45.6. The van der Waals surface area contributed by atoms with Crippen LogP contribution in [0.2, 0.25) is 0 Å². The van der Waals surface area contributed by atoms with Crippen molar-refractivity contribution in [2.24, 2.45) is 23.7 Å². The van der Waals surface area contributed by atoms with Gasteiger partial charge in [0.2, 0.25) is 0 Å². The molecule has 0 bridgehead atoms. The number of esters is 4. The Balaban J connectivity index is 5.28. The quantitative estimate of drug-likeness (QED) is 0.0222. The Hall–Kier alpha value is -1.94. The van der Waals surface area contributed by atoms with Crippen molar-refractivity contribution in [3.8, 4) is 0 Å². The first-order valence-corrected chi connectivity index (χ1v) is 40.8. The van der Waals surface area contributed by atoms with E-state index >= 15 is 0 Å². The highest BCUT2D eigenvalue weighted by Gasteiger charge is 2.30. The smallest absolute Gasteiger partial charge is 0.462 e. The molecule has 0 saturated heterocycles. The zero-order chi connectivity index (χ0) is 68.2. The summed E-state index contributed by atoms with van der Waals surface area (Å²) in [4.78, 5) is 72.7. The van der Waals surface area contributed by atoms with E-state index in [4.69, 9.17) is 37.0 Å². The molecule has 0 aromatic heterocycles. The minimum absolute atomic E-state index is 0.105. The van der Waals surface area contributed by atoms with Gasteiger partial charge in [-0.15, -0.1) is 0 Å². The summed E-state index contributed by atoms with van der Waals surface area (Å²) in [5, 5.41) is 10.6. The maximum Gasteiger partial charge on any atom is 0.472 e. The normalized spacial score (nSPS) is 14.8. The van der Waals surface area contributed by atoms with E-state index in [2.05, 4.69) is 55.4 Å². The molecule has 7 atom stereocenters. The fourth-order valence-electron chi connectivity index (χ4n) is 11.0. The molecule has 0 heterocycles. The van der Waals surface area contributed by atoms with Crippen molar-refractivity contribution in [2.45, 2.75) is 382 Å². The van der Waals surface area contributed by atoms with Crippen LogP contribution < -0.4 is 0 Å². The average Bonchev–Trinajstić information content (AvgIpc) is 3.19. The first-order valence-electron chi connectivity index (χ1n) is 37.8. The number of carbonyl (C=O) groups excluding carboxylic acids is 4. The second-order valence-electron chi connectivity index (χ2n) is 27.8. The molecular formula is C73H142O17P2. The third-order valence-corrected chi connectivity index (χ3v) is 19.4. The number of unbranched alkanes of at least 4 members (excludes halogenated alkanes) is 34. The average molecular weight is 1350 g/mol. The van der Waals surface area contributed by atoms with Crippen LogP contribution in [0.3, 0.4) is 0 Å². The molecule has 0 fully saturated rings. The molecule has 0 aliphatic heterocycles. The van der Waals surface area contributed by atoms with E-state index in [9.17, 15) is 43.2 Å². The standard InChI is InChI=1S/C73H142O17P2/c1-9-65(7)51-43-35-27-18-12-15-20-29-37-45-53-70(75)83-59-68(89-72(77)55-47-39-31-21-14-11-17-25-33-41-49-63(3)4)61-87-91(79,80)85-57-67(74)58-86-92(81,82)88-62-69(60-84-71(76)54-46-38-30-24-23-26-34-42-50-64(5)6)90-73(78)56-48-40-32-22-16-13-19-28-36-44-52-66(8)10-2/h63-69,74H,9-62H2,1-8H3,(H,79,80)(H,81,82)/t65?,66?,67?,68-,69-/m1/s1. The predicted molar refractivity (Wildman–Crippen MR) is 372 cm³/mol. The highest BCUT2D eigenvalue weighted by Crippen LogP contribution is 2.45. The van der Waals surface area contributed by atoms with Gasteiger partial charge >= 0.3 is 39.5 Å². The number of phosphoric acid groups is 2. The summed E-state index contributed by atoms with van der Waals surface area (Å²) in [6, 6.07) is 0. The van der Waals surface area contributed by atoms with Crippen LogP contribution in [0.15, 0.2) is 0 Å². The van der Waals surface area contributed by atoms with Gasteiger partial charge in [-0.3, -0.25) is 37.3 Å². The minimum atomic E-state index is -4.96. The van der Waals surface area contributed by atoms with Crippen LogP contribution in [0.25, 0.3) is 0 Å². The Morgan fingerprint density at radius 1 is 0.304 bits per heavy atom. The van der Waals surface area contributed by atoms with Gasteiger partial charge in [0.25, 0.3) is 0 Å². The highest BCUT2D eigenvalue weighted by molar-refractivity contribution is 7.47. The van der Waals surface area contributed by atoms with Crippen molar-refractivity contribution < 1.29 is 80.2 Å². The third-order valence-electron chi connectivity index (χ3n) is 17.5. The Morgan fingerprint density at radius 3 is 0.772 bits per heavy atom. The van der Waals surface area contributed by atoms with Gasteiger partial charge in [-0.2, -0.15) is 0 Å². The van der Waals surface area contributed by atoms with Crippen LogP contribution in [0.4, 0.5) is 0 Å². The van der Waals surface area contributed by atoms with E-state index in [1.165, 1.54) is 167 Å². The lowest BCUT2D eigenvalue weighted by molar-refractivity contribution is -0.161. The van der Waals surface area contributed by atoms with Gasteiger partial charge in [0.05, 0.1) is 26.4 Å². The van der Waals surface area contributed by atoms with Gasteiger partial charge in [-0.05, 0) is 49.4 Å². The molecule has 5 unspecified atom stereocenters. The minimum Gasteiger partial charge on any atom is -0.462 e. The topological polar surface area (TPSA) is 237 Å².